The Morgan fingerprint density at radius 1 is 1.00 bits per heavy atom. The van der Waals surface area contributed by atoms with Crippen LogP contribution in [0.15, 0.2) is 70.9 Å². The summed E-state index contributed by atoms with van der Waals surface area (Å²) in [6.07, 6.45) is 1.41. The van der Waals surface area contributed by atoms with Crippen molar-refractivity contribution in [2.24, 2.45) is 0 Å². The van der Waals surface area contributed by atoms with E-state index in [0.717, 1.165) is 0 Å². The van der Waals surface area contributed by atoms with E-state index >= 15 is 0 Å². The highest BCUT2D eigenvalue weighted by Crippen LogP contribution is 2.12. The van der Waals surface area contributed by atoms with E-state index in [-0.39, 0.29) is 28.1 Å². The second-order valence-electron chi connectivity index (χ2n) is 6.02. The number of carbonyl (C=O) groups excluding carboxylic acids is 2. The fraction of sp³-hybridized carbons (Fsp3) is 0.0526. The molecule has 0 saturated carbocycles. The molecule has 0 spiro atoms. The average molecular weight is 427 g/mol. The number of carbonyl (C=O) groups is 2. The van der Waals surface area contributed by atoms with Crippen molar-refractivity contribution in [3.05, 3.63) is 82.8 Å². The van der Waals surface area contributed by atoms with Crippen molar-refractivity contribution in [3.8, 4) is 0 Å². The number of nitrogens with one attached hydrogen (secondary N) is 4. The van der Waals surface area contributed by atoms with Gasteiger partial charge in [0.05, 0.1) is 10.3 Å². The zero-order valence-corrected chi connectivity index (χ0v) is 16.3. The summed E-state index contributed by atoms with van der Waals surface area (Å²) in [5.74, 6) is -1.40. The molecule has 0 unspecified atom stereocenters. The molecule has 0 aliphatic rings. The molecule has 0 radical (unpaired) electrons. The zero-order valence-electron chi connectivity index (χ0n) is 15.5. The van der Waals surface area contributed by atoms with Gasteiger partial charge in [-0.15, -0.1) is 6.58 Å². The van der Waals surface area contributed by atoms with Gasteiger partial charge in [0.1, 0.15) is 0 Å². The molecule has 3 aromatic rings. The van der Waals surface area contributed by atoms with E-state index in [1.165, 1.54) is 30.3 Å². The summed E-state index contributed by atoms with van der Waals surface area (Å²) in [6, 6.07) is 11.5. The Balaban J connectivity index is 1.70. The Morgan fingerprint density at radius 3 is 2.30 bits per heavy atom. The van der Waals surface area contributed by atoms with Crippen LogP contribution in [0.1, 0.15) is 20.8 Å². The molecule has 11 heteroatoms. The van der Waals surface area contributed by atoms with Crippen LogP contribution in [-0.4, -0.2) is 37.0 Å². The predicted octanol–water partition coefficient (Wildman–Crippen LogP) is 0.462. The molecule has 1 aromatic heterocycles. The van der Waals surface area contributed by atoms with Gasteiger partial charge in [-0.1, -0.05) is 24.3 Å². The van der Waals surface area contributed by atoms with E-state index < -0.39 is 27.4 Å². The van der Waals surface area contributed by atoms with Crippen LogP contribution in [0.5, 0.6) is 0 Å². The van der Waals surface area contributed by atoms with Crippen LogP contribution in [0.4, 0.5) is 0 Å². The molecular weight excluding hydrogens is 410 g/mol. The van der Waals surface area contributed by atoms with Gasteiger partial charge in [-0.05, 0) is 30.3 Å². The van der Waals surface area contributed by atoms with Crippen LogP contribution in [0.3, 0.4) is 0 Å². The molecule has 3 rings (SSSR count). The van der Waals surface area contributed by atoms with Gasteiger partial charge >= 0.3 is 0 Å². The largest absolute Gasteiger partial charge is 0.290 e. The van der Waals surface area contributed by atoms with E-state index in [9.17, 15) is 22.8 Å². The van der Waals surface area contributed by atoms with Gasteiger partial charge in [0.15, 0.2) is 5.69 Å². The second kappa shape index (κ2) is 8.68. The van der Waals surface area contributed by atoms with Gasteiger partial charge < -0.3 is 0 Å². The molecule has 0 fully saturated rings. The topological polar surface area (TPSA) is 150 Å². The third-order valence-electron chi connectivity index (χ3n) is 4.05. The molecule has 2 aromatic carbocycles. The van der Waals surface area contributed by atoms with E-state index in [0.29, 0.717) is 5.39 Å². The summed E-state index contributed by atoms with van der Waals surface area (Å²) in [5, 5.41) is 6.58. The summed E-state index contributed by atoms with van der Waals surface area (Å²) in [7, 11) is -3.71. The van der Waals surface area contributed by atoms with Gasteiger partial charge in [0.25, 0.3) is 17.4 Å². The van der Waals surface area contributed by atoms with Crippen molar-refractivity contribution in [2.75, 3.05) is 6.54 Å². The maximum atomic E-state index is 12.4. The summed E-state index contributed by atoms with van der Waals surface area (Å²) in [5.41, 5.74) is 4.05. The summed E-state index contributed by atoms with van der Waals surface area (Å²) in [6.45, 7) is 3.51. The second-order valence-corrected chi connectivity index (χ2v) is 7.79. The van der Waals surface area contributed by atoms with Crippen LogP contribution in [-0.2, 0) is 10.0 Å². The molecule has 10 nitrogen and oxygen atoms in total. The summed E-state index contributed by atoms with van der Waals surface area (Å²) in [4.78, 5) is 36.4. The molecule has 0 aliphatic heterocycles. The Hall–Kier alpha value is -3.83. The molecule has 30 heavy (non-hydrogen) atoms. The molecule has 4 N–H and O–H groups in total. The molecule has 154 valence electrons. The van der Waals surface area contributed by atoms with E-state index in [1.807, 2.05) is 0 Å². The lowest BCUT2D eigenvalue weighted by Gasteiger charge is -2.09. The monoisotopic (exact) mass is 427 g/mol. The Bertz CT molecular complexity index is 1280. The fourth-order valence-corrected chi connectivity index (χ4v) is 3.57. The number of rotatable bonds is 6. The van der Waals surface area contributed by atoms with Crippen LogP contribution in [0, 0.1) is 0 Å². The first-order valence-electron chi connectivity index (χ1n) is 8.62. The highest BCUT2D eigenvalue weighted by atomic mass is 32.2. The van der Waals surface area contributed by atoms with E-state index in [4.69, 9.17) is 0 Å². The van der Waals surface area contributed by atoms with Crippen LogP contribution in [0.2, 0.25) is 0 Å². The molecule has 1 heterocycles. The predicted molar refractivity (Wildman–Crippen MR) is 109 cm³/mol. The van der Waals surface area contributed by atoms with Crippen molar-refractivity contribution >= 4 is 32.6 Å². The first kappa shape index (κ1) is 20.9. The number of aromatic nitrogens is 2. The number of aromatic amines is 1. The number of benzene rings is 2. The molecule has 0 saturated heterocycles. The normalized spacial score (nSPS) is 11.1. The van der Waals surface area contributed by atoms with Crippen LogP contribution < -0.4 is 21.1 Å². The molecule has 2 amide bonds. The summed E-state index contributed by atoms with van der Waals surface area (Å²) >= 11 is 0. The van der Waals surface area contributed by atoms with Gasteiger partial charge in [-0.2, -0.15) is 5.10 Å². The number of amides is 2. The van der Waals surface area contributed by atoms with Gasteiger partial charge in [-0.3, -0.25) is 25.2 Å². The average Bonchev–Trinajstić information content (AvgIpc) is 2.76. The molecule has 0 aliphatic carbocycles. The molecule has 0 bridgehead atoms. The lowest BCUT2D eigenvalue weighted by Crippen LogP contribution is -2.42. The van der Waals surface area contributed by atoms with Crippen molar-refractivity contribution in [2.45, 2.75) is 4.90 Å². The number of hydrogen-bond donors (Lipinski definition) is 4. The van der Waals surface area contributed by atoms with Crippen molar-refractivity contribution in [3.63, 3.8) is 0 Å². The lowest BCUT2D eigenvalue weighted by molar-refractivity contribution is 0.0844. The first-order valence-corrected chi connectivity index (χ1v) is 10.1. The number of hydrazine groups is 1. The summed E-state index contributed by atoms with van der Waals surface area (Å²) < 4.78 is 26.4. The van der Waals surface area contributed by atoms with E-state index in [1.54, 1.807) is 24.3 Å². The number of nitrogens with zero attached hydrogens (tertiary/aromatic N) is 1. The van der Waals surface area contributed by atoms with Gasteiger partial charge in [-0.25, -0.2) is 18.2 Å². The fourth-order valence-electron chi connectivity index (χ4n) is 2.57. The van der Waals surface area contributed by atoms with Gasteiger partial charge in [0.2, 0.25) is 10.0 Å². The Morgan fingerprint density at radius 2 is 1.63 bits per heavy atom. The van der Waals surface area contributed by atoms with Gasteiger partial charge in [0, 0.05) is 17.5 Å². The van der Waals surface area contributed by atoms with Crippen molar-refractivity contribution in [1.29, 1.82) is 0 Å². The number of H-pyrrole nitrogens is 1. The third kappa shape index (κ3) is 4.42. The lowest BCUT2D eigenvalue weighted by atomic mass is 10.1. The number of fused-ring (bicyclic) bond motifs is 1. The quantitative estimate of drug-likeness (QED) is 0.332. The maximum absolute atomic E-state index is 12.4. The third-order valence-corrected chi connectivity index (χ3v) is 5.48. The first-order chi connectivity index (χ1) is 14.3. The van der Waals surface area contributed by atoms with E-state index in [2.05, 4.69) is 32.3 Å². The number of sulfonamides is 1. The zero-order chi connectivity index (χ0) is 21.7. The van der Waals surface area contributed by atoms with Crippen molar-refractivity contribution < 1.29 is 18.0 Å². The van der Waals surface area contributed by atoms with Crippen molar-refractivity contribution in [1.82, 2.24) is 25.8 Å². The SMILES string of the molecule is C=CCNS(=O)(=O)c1ccc(C(=O)NNC(=O)c2n[nH]c(=O)c3ccccc23)cc1. The maximum Gasteiger partial charge on any atom is 0.290 e. The highest BCUT2D eigenvalue weighted by Gasteiger charge is 2.16. The molecular formula is C19H17N5O5S. The number of hydrogen-bond acceptors (Lipinski definition) is 6. The standard InChI is InChI=1S/C19H17N5O5S/c1-2-11-20-30(28,29)13-9-7-12(8-10-13)17(25)22-24-19(27)16-14-5-3-4-6-15(14)18(26)23-21-16/h2-10,20H,1,11H2,(H,22,25)(H,23,26)(H,24,27). The van der Waals surface area contributed by atoms with Crippen LogP contribution >= 0.6 is 0 Å². The van der Waals surface area contributed by atoms with Crippen LogP contribution in [0.25, 0.3) is 10.8 Å². The minimum absolute atomic E-state index is 0.0196. The Labute approximate surface area is 171 Å². The minimum Gasteiger partial charge on any atom is -0.267 e. The minimum atomic E-state index is -3.71. The highest BCUT2D eigenvalue weighted by molar-refractivity contribution is 7.89. The molecule has 0 atom stereocenters. The Kier molecular flexibility index (Phi) is 6.04. The smallest absolute Gasteiger partial charge is 0.267 e.